The lowest BCUT2D eigenvalue weighted by Gasteiger charge is -2.36. The number of benzene rings is 2. The fourth-order valence-electron chi connectivity index (χ4n) is 4.28. The third kappa shape index (κ3) is 4.14. The second kappa shape index (κ2) is 8.65. The first-order valence-electron chi connectivity index (χ1n) is 10.3. The van der Waals surface area contributed by atoms with Gasteiger partial charge in [0.1, 0.15) is 5.75 Å². The number of para-hydroxylation sites is 1. The van der Waals surface area contributed by atoms with Crippen molar-refractivity contribution in [3.8, 4) is 5.75 Å². The molecule has 5 heteroatoms. The smallest absolute Gasteiger partial charge is 0.232 e. The summed E-state index contributed by atoms with van der Waals surface area (Å²) in [5, 5.41) is 3.00. The number of piperazine rings is 1. The molecule has 2 aromatic carbocycles. The van der Waals surface area contributed by atoms with E-state index in [1.54, 1.807) is 7.11 Å². The van der Waals surface area contributed by atoms with Gasteiger partial charge in [-0.05, 0) is 43.1 Å². The molecule has 1 fully saturated rings. The Morgan fingerprint density at radius 3 is 2.68 bits per heavy atom. The van der Waals surface area contributed by atoms with E-state index in [2.05, 4.69) is 39.4 Å². The van der Waals surface area contributed by atoms with Gasteiger partial charge in [-0.25, -0.2) is 0 Å². The highest BCUT2D eigenvalue weighted by atomic mass is 16.4. The Bertz CT molecular complexity index is 815. The molecular formula is C23H29N3O2. The number of methoxy groups -OCH3 is 1. The molecular weight excluding hydrogens is 349 g/mol. The summed E-state index contributed by atoms with van der Waals surface area (Å²) in [4.78, 5) is 17.2. The van der Waals surface area contributed by atoms with Crippen LogP contribution in [0.15, 0.2) is 48.5 Å². The quantitative estimate of drug-likeness (QED) is 0.746. The molecule has 0 radical (unpaired) electrons. The Hall–Kier alpha value is -2.53. The molecule has 2 heterocycles. The van der Waals surface area contributed by atoms with Crippen molar-refractivity contribution in [3.63, 3.8) is 0 Å². The minimum Gasteiger partial charge on any atom is -0.497 e. The van der Waals surface area contributed by atoms with E-state index in [1.807, 2.05) is 24.3 Å². The minimum absolute atomic E-state index is 0.0288. The standard InChI is InChI=1S/C23H29N3O2/c1-28-19-8-6-7-18(17-19)26-15-13-25(14-16-26)12-5-4-10-21-20-9-2-3-11-22(20)24-23(21)27/h2-3,6-9,11,17,21H,4-5,10,12-16H2,1H3,(H,24,27)/i1-1. The maximum absolute atomic E-state index is 12.2. The average Bonchev–Trinajstić information content (AvgIpc) is 3.07. The van der Waals surface area contributed by atoms with E-state index in [4.69, 9.17) is 4.74 Å². The van der Waals surface area contributed by atoms with E-state index >= 15 is 0 Å². The largest absolute Gasteiger partial charge is 0.497 e. The van der Waals surface area contributed by atoms with Gasteiger partial charge in [0.05, 0.1) is 13.0 Å². The van der Waals surface area contributed by atoms with Gasteiger partial charge < -0.3 is 15.0 Å². The van der Waals surface area contributed by atoms with Gasteiger partial charge in [0.2, 0.25) is 5.91 Å². The number of anilines is 2. The summed E-state index contributed by atoms with van der Waals surface area (Å²) in [7, 11) is 1.71. The predicted octanol–water partition coefficient (Wildman–Crippen LogP) is 3.72. The number of unbranched alkanes of at least 4 members (excludes halogenated alkanes) is 1. The van der Waals surface area contributed by atoms with Crippen LogP contribution in [-0.4, -0.2) is 50.6 Å². The van der Waals surface area contributed by atoms with Gasteiger partial charge in [0.15, 0.2) is 0 Å². The van der Waals surface area contributed by atoms with Gasteiger partial charge in [-0.1, -0.05) is 30.7 Å². The van der Waals surface area contributed by atoms with Gasteiger partial charge in [-0.3, -0.25) is 9.69 Å². The second-order valence-corrected chi connectivity index (χ2v) is 7.66. The summed E-state index contributed by atoms with van der Waals surface area (Å²) in [6.07, 6.45) is 3.17. The molecule has 1 unspecified atom stereocenters. The fraction of sp³-hybridized carbons (Fsp3) is 0.435. The molecule has 148 valence electrons. The normalized spacial score (nSPS) is 19.4. The van der Waals surface area contributed by atoms with Crippen LogP contribution in [0.1, 0.15) is 30.7 Å². The maximum atomic E-state index is 12.2. The molecule has 28 heavy (non-hydrogen) atoms. The Morgan fingerprint density at radius 2 is 1.86 bits per heavy atom. The molecule has 2 aliphatic heterocycles. The van der Waals surface area contributed by atoms with Crippen molar-refractivity contribution in [1.29, 1.82) is 0 Å². The molecule has 0 spiro atoms. The summed E-state index contributed by atoms with van der Waals surface area (Å²) in [5.74, 6) is 1.10. The number of fused-ring (bicyclic) bond motifs is 1. The Labute approximate surface area is 167 Å². The van der Waals surface area contributed by atoms with Crippen molar-refractivity contribution in [2.24, 2.45) is 0 Å². The summed E-state index contributed by atoms with van der Waals surface area (Å²) < 4.78 is 5.34. The number of hydrogen-bond acceptors (Lipinski definition) is 4. The number of carbonyl (C=O) groups excluding carboxylic acids is 1. The topological polar surface area (TPSA) is 44.8 Å². The number of nitrogens with zero attached hydrogens (tertiary/aromatic N) is 2. The fourth-order valence-corrected chi connectivity index (χ4v) is 4.28. The zero-order chi connectivity index (χ0) is 19.3. The molecule has 1 N–H and O–H groups in total. The van der Waals surface area contributed by atoms with E-state index in [9.17, 15) is 4.79 Å². The van der Waals surface area contributed by atoms with Crippen molar-refractivity contribution in [2.75, 3.05) is 50.1 Å². The number of nitrogens with one attached hydrogen (secondary N) is 1. The molecule has 4 rings (SSSR count). The first-order valence-corrected chi connectivity index (χ1v) is 10.3. The highest BCUT2D eigenvalue weighted by molar-refractivity contribution is 6.02. The molecule has 0 saturated carbocycles. The van der Waals surface area contributed by atoms with Gasteiger partial charge in [0.25, 0.3) is 0 Å². The molecule has 2 aliphatic rings. The third-order valence-corrected chi connectivity index (χ3v) is 5.92. The van der Waals surface area contributed by atoms with E-state index in [0.29, 0.717) is 0 Å². The molecule has 5 nitrogen and oxygen atoms in total. The van der Waals surface area contributed by atoms with Gasteiger partial charge >= 0.3 is 0 Å². The van der Waals surface area contributed by atoms with Gasteiger partial charge in [-0.15, -0.1) is 0 Å². The van der Waals surface area contributed by atoms with E-state index in [-0.39, 0.29) is 11.8 Å². The lowest BCUT2D eigenvalue weighted by atomic mass is 9.95. The van der Waals surface area contributed by atoms with E-state index in [0.717, 1.165) is 63.4 Å². The lowest BCUT2D eigenvalue weighted by Crippen LogP contribution is -2.46. The molecule has 2 aromatic rings. The monoisotopic (exact) mass is 378 g/mol. The number of hydrogen-bond donors (Lipinski definition) is 1. The number of rotatable bonds is 7. The summed E-state index contributed by atoms with van der Waals surface area (Å²) >= 11 is 0. The Kier molecular flexibility index (Phi) is 5.81. The van der Waals surface area contributed by atoms with Crippen molar-refractivity contribution in [1.82, 2.24) is 4.90 Å². The van der Waals surface area contributed by atoms with Crippen LogP contribution in [0.4, 0.5) is 11.4 Å². The van der Waals surface area contributed by atoms with Crippen molar-refractivity contribution in [3.05, 3.63) is 54.1 Å². The van der Waals surface area contributed by atoms with Crippen LogP contribution in [0.25, 0.3) is 0 Å². The summed E-state index contributed by atoms with van der Waals surface area (Å²) in [6, 6.07) is 16.4. The molecule has 1 atom stereocenters. The van der Waals surface area contributed by atoms with Crippen LogP contribution in [0.2, 0.25) is 0 Å². The Morgan fingerprint density at radius 1 is 1.04 bits per heavy atom. The van der Waals surface area contributed by atoms with Crippen LogP contribution in [0.3, 0.4) is 0 Å². The third-order valence-electron chi connectivity index (χ3n) is 5.92. The van der Waals surface area contributed by atoms with Crippen LogP contribution in [-0.2, 0) is 4.79 Å². The highest BCUT2D eigenvalue weighted by Gasteiger charge is 2.29. The summed E-state index contributed by atoms with van der Waals surface area (Å²) in [5.41, 5.74) is 3.40. The number of amides is 1. The second-order valence-electron chi connectivity index (χ2n) is 7.66. The lowest BCUT2D eigenvalue weighted by molar-refractivity contribution is -0.117. The van der Waals surface area contributed by atoms with E-state index in [1.165, 1.54) is 11.3 Å². The Balaban J connectivity index is 1.20. The van der Waals surface area contributed by atoms with Crippen molar-refractivity contribution in [2.45, 2.75) is 25.2 Å². The predicted molar refractivity (Wildman–Crippen MR) is 113 cm³/mol. The average molecular weight is 379 g/mol. The molecule has 1 saturated heterocycles. The van der Waals surface area contributed by atoms with Gasteiger partial charge in [0, 0.05) is 43.6 Å². The number of ether oxygens (including phenoxy) is 1. The zero-order valence-electron chi connectivity index (χ0n) is 16.6. The molecule has 0 aliphatic carbocycles. The molecule has 0 bridgehead atoms. The first kappa shape index (κ1) is 18.8. The van der Waals surface area contributed by atoms with Crippen molar-refractivity contribution >= 4 is 17.3 Å². The maximum Gasteiger partial charge on any atom is 0.232 e. The molecule has 1 amide bonds. The number of carbonyl (C=O) groups is 1. The van der Waals surface area contributed by atoms with Crippen LogP contribution in [0.5, 0.6) is 5.75 Å². The zero-order valence-corrected chi connectivity index (χ0v) is 16.6. The highest BCUT2D eigenvalue weighted by Crippen LogP contribution is 2.35. The van der Waals surface area contributed by atoms with Crippen LogP contribution < -0.4 is 15.0 Å². The summed E-state index contributed by atoms with van der Waals surface area (Å²) in [6.45, 7) is 5.38. The minimum atomic E-state index is 0.0288. The SMILES string of the molecule is [11CH3]Oc1cccc(N2CCN(CCCCC3C(=O)Nc4ccccc43)CC2)c1. The van der Waals surface area contributed by atoms with Crippen LogP contribution >= 0.6 is 0 Å². The van der Waals surface area contributed by atoms with Gasteiger partial charge in [-0.2, -0.15) is 0 Å². The van der Waals surface area contributed by atoms with E-state index < -0.39 is 0 Å². The molecule has 0 aromatic heterocycles. The first-order chi connectivity index (χ1) is 13.7. The van der Waals surface area contributed by atoms with Crippen LogP contribution in [0, 0.1) is 0 Å². The van der Waals surface area contributed by atoms with Crippen molar-refractivity contribution < 1.29 is 9.53 Å².